The van der Waals surface area contributed by atoms with E-state index in [4.69, 9.17) is 13.9 Å². The third kappa shape index (κ3) is 5.65. The molecule has 5 rings (SSSR count). The van der Waals surface area contributed by atoms with Crippen LogP contribution in [0.3, 0.4) is 0 Å². The molecular formula is C34H43NO5. The number of fused-ring (bicyclic) bond motifs is 1. The second-order valence-corrected chi connectivity index (χ2v) is 12.7. The number of carbonyl (C=O) groups is 2. The molecule has 40 heavy (non-hydrogen) atoms. The molecular weight excluding hydrogens is 502 g/mol. The summed E-state index contributed by atoms with van der Waals surface area (Å²) in [6.45, 7) is 15.0. The van der Waals surface area contributed by atoms with Crippen LogP contribution >= 0.6 is 0 Å². The molecule has 3 aromatic rings. The van der Waals surface area contributed by atoms with E-state index >= 15 is 0 Å². The lowest BCUT2D eigenvalue weighted by molar-refractivity contribution is -0.284. The van der Waals surface area contributed by atoms with Crippen LogP contribution in [0, 0.1) is 6.92 Å². The van der Waals surface area contributed by atoms with Gasteiger partial charge >= 0.3 is 0 Å². The molecule has 0 spiro atoms. The number of hydrogen-bond donors (Lipinski definition) is 1. The first-order valence-corrected chi connectivity index (χ1v) is 13.8. The van der Waals surface area contributed by atoms with Gasteiger partial charge in [0.25, 0.3) is 5.91 Å². The van der Waals surface area contributed by atoms with Crippen LogP contribution in [-0.2, 0) is 20.3 Å². The van der Waals surface area contributed by atoms with E-state index in [1.807, 2.05) is 57.2 Å². The molecule has 2 aliphatic rings. The first-order chi connectivity index (χ1) is 18.3. The lowest BCUT2D eigenvalue weighted by atomic mass is 9.62. The molecule has 0 bridgehead atoms. The highest BCUT2D eigenvalue weighted by atomic mass is 16.7. The van der Waals surface area contributed by atoms with Gasteiger partial charge in [-0.05, 0) is 84.9 Å². The summed E-state index contributed by atoms with van der Waals surface area (Å²) in [7, 11) is 0. The van der Waals surface area contributed by atoms with Crippen LogP contribution in [0.5, 0.6) is 0 Å². The van der Waals surface area contributed by atoms with Crippen molar-refractivity contribution in [1.82, 2.24) is 5.32 Å². The van der Waals surface area contributed by atoms with Gasteiger partial charge in [0.1, 0.15) is 6.10 Å². The Hall–Kier alpha value is -3.22. The predicted octanol–water partition coefficient (Wildman–Crippen LogP) is 7.43. The van der Waals surface area contributed by atoms with E-state index in [1.165, 1.54) is 11.1 Å². The molecule has 0 unspecified atom stereocenters. The van der Waals surface area contributed by atoms with Crippen molar-refractivity contribution < 1.29 is 23.5 Å². The van der Waals surface area contributed by atoms with Crippen molar-refractivity contribution in [2.24, 2.45) is 0 Å². The van der Waals surface area contributed by atoms with Crippen LogP contribution in [0.15, 0.2) is 59.0 Å². The summed E-state index contributed by atoms with van der Waals surface area (Å²) in [4.78, 5) is 26.8. The highest BCUT2D eigenvalue weighted by Gasteiger charge is 2.40. The quantitative estimate of drug-likeness (QED) is 0.338. The van der Waals surface area contributed by atoms with Gasteiger partial charge < -0.3 is 19.2 Å². The van der Waals surface area contributed by atoms with Crippen molar-refractivity contribution in [3.63, 3.8) is 0 Å². The van der Waals surface area contributed by atoms with Crippen molar-refractivity contribution in [2.75, 3.05) is 6.61 Å². The van der Waals surface area contributed by atoms with Crippen LogP contribution < -0.4 is 5.32 Å². The van der Waals surface area contributed by atoms with Gasteiger partial charge in [0.15, 0.2) is 17.3 Å². The first kappa shape index (κ1) is 29.8. The summed E-state index contributed by atoms with van der Waals surface area (Å²) in [5.41, 5.74) is 5.04. The van der Waals surface area contributed by atoms with Gasteiger partial charge in [0.05, 0.1) is 12.6 Å². The number of rotatable bonds is 5. The van der Waals surface area contributed by atoms with E-state index in [-0.39, 0.29) is 48.3 Å². The topological polar surface area (TPSA) is 77.8 Å². The van der Waals surface area contributed by atoms with Crippen molar-refractivity contribution in [1.29, 1.82) is 0 Å². The third-order valence-corrected chi connectivity index (χ3v) is 8.33. The van der Waals surface area contributed by atoms with Crippen LogP contribution in [0.4, 0.5) is 0 Å². The molecule has 1 saturated heterocycles. The van der Waals surface area contributed by atoms with E-state index in [0.29, 0.717) is 5.56 Å². The number of amides is 1. The molecule has 2 atom stereocenters. The van der Waals surface area contributed by atoms with E-state index in [2.05, 4.69) is 39.1 Å². The predicted molar refractivity (Wildman–Crippen MR) is 157 cm³/mol. The Morgan fingerprint density at radius 3 is 2.10 bits per heavy atom. The number of ketones is 1. The maximum atomic E-state index is 13.6. The summed E-state index contributed by atoms with van der Waals surface area (Å²) in [5, 5.41) is 2.99. The van der Waals surface area contributed by atoms with Gasteiger partial charge in [-0.1, -0.05) is 71.5 Å². The largest absolute Gasteiger partial charge is 0.447 e. The number of hydrogen-bond acceptors (Lipinski definition) is 5. The SMILES string of the molecule is C.Cc1cc2c(cc1C(=O)c1ccc(C(=O)N[C@@H]3COC(C)(C)O[C@@H]3c3ccccc3)o1)C(C)(C)CCC2(C)C. The van der Waals surface area contributed by atoms with Crippen molar-refractivity contribution in [3.05, 3.63) is 93.9 Å². The fourth-order valence-corrected chi connectivity index (χ4v) is 5.78. The summed E-state index contributed by atoms with van der Waals surface area (Å²) in [6, 6.07) is 16.7. The molecule has 6 heteroatoms. The summed E-state index contributed by atoms with van der Waals surface area (Å²) in [5.74, 6) is -1.19. The molecule has 1 fully saturated rings. The first-order valence-electron chi connectivity index (χ1n) is 13.8. The standard InChI is InChI=1S/C33H39NO5.CH4/c1-20-17-23-24(32(4,5)16-15-31(23,2)3)18-22(20)28(35)26-13-14-27(38-26)30(36)34-25-19-37-33(6,7)39-29(25)21-11-9-8-10-12-21;/h8-14,17-18,25,29H,15-16,19H2,1-7H3,(H,34,36);1H4/t25-,29-;/m1./s1. The molecule has 1 aliphatic carbocycles. The molecule has 1 amide bonds. The highest BCUT2D eigenvalue weighted by molar-refractivity contribution is 6.09. The molecule has 1 N–H and O–H groups in total. The Morgan fingerprint density at radius 1 is 0.850 bits per heavy atom. The van der Waals surface area contributed by atoms with E-state index in [9.17, 15) is 9.59 Å². The number of carbonyl (C=O) groups excluding carboxylic acids is 2. The van der Waals surface area contributed by atoms with E-state index in [1.54, 1.807) is 12.1 Å². The van der Waals surface area contributed by atoms with Gasteiger partial charge in [-0.25, -0.2) is 0 Å². The zero-order valence-corrected chi connectivity index (χ0v) is 24.0. The molecule has 6 nitrogen and oxygen atoms in total. The Labute approximate surface area is 238 Å². The lowest BCUT2D eigenvalue weighted by Gasteiger charge is -2.42. The molecule has 2 aromatic carbocycles. The molecule has 214 valence electrons. The number of aryl methyl sites for hydroxylation is 1. The number of benzene rings is 2. The smallest absolute Gasteiger partial charge is 0.287 e. The minimum atomic E-state index is -0.775. The second kappa shape index (κ2) is 10.6. The molecule has 1 aliphatic heterocycles. The normalized spacial score (nSPS) is 22.5. The van der Waals surface area contributed by atoms with Crippen LogP contribution in [0.2, 0.25) is 0 Å². The summed E-state index contributed by atoms with van der Waals surface area (Å²) < 4.78 is 17.8. The van der Waals surface area contributed by atoms with Gasteiger partial charge in [0, 0.05) is 5.56 Å². The Morgan fingerprint density at radius 2 is 1.45 bits per heavy atom. The van der Waals surface area contributed by atoms with Gasteiger partial charge in [-0.15, -0.1) is 0 Å². The Kier molecular flexibility index (Phi) is 7.91. The summed E-state index contributed by atoms with van der Waals surface area (Å²) in [6.07, 6.45) is 1.78. The average Bonchev–Trinajstić information content (AvgIpc) is 3.38. The number of ether oxygens (including phenoxy) is 2. The Balaban J connectivity index is 0.00000370. The second-order valence-electron chi connectivity index (χ2n) is 12.7. The third-order valence-electron chi connectivity index (χ3n) is 8.33. The van der Waals surface area contributed by atoms with E-state index < -0.39 is 17.7 Å². The summed E-state index contributed by atoms with van der Waals surface area (Å²) >= 11 is 0. The van der Waals surface area contributed by atoms with Gasteiger partial charge in [-0.3, -0.25) is 9.59 Å². The zero-order valence-electron chi connectivity index (χ0n) is 24.0. The average molecular weight is 546 g/mol. The van der Waals surface area contributed by atoms with Crippen molar-refractivity contribution in [2.45, 2.75) is 97.5 Å². The van der Waals surface area contributed by atoms with E-state index in [0.717, 1.165) is 24.0 Å². The molecule has 2 heterocycles. The number of nitrogens with one attached hydrogen (secondary N) is 1. The zero-order chi connectivity index (χ0) is 28.2. The van der Waals surface area contributed by atoms with Crippen LogP contribution in [0.25, 0.3) is 0 Å². The van der Waals surface area contributed by atoms with Crippen molar-refractivity contribution in [3.8, 4) is 0 Å². The van der Waals surface area contributed by atoms with Crippen molar-refractivity contribution >= 4 is 11.7 Å². The number of furan rings is 1. The minimum absolute atomic E-state index is 0. The van der Waals surface area contributed by atoms with Gasteiger partial charge in [0.2, 0.25) is 5.78 Å². The van der Waals surface area contributed by atoms with Crippen LogP contribution in [0.1, 0.15) is 117 Å². The molecule has 0 radical (unpaired) electrons. The van der Waals surface area contributed by atoms with Crippen LogP contribution in [-0.4, -0.2) is 30.1 Å². The maximum Gasteiger partial charge on any atom is 0.287 e. The fraction of sp³-hybridized carbons (Fsp3) is 0.471. The lowest BCUT2D eigenvalue weighted by Crippen LogP contribution is -2.51. The molecule has 1 aromatic heterocycles. The monoisotopic (exact) mass is 545 g/mol. The molecule has 0 saturated carbocycles. The fourth-order valence-electron chi connectivity index (χ4n) is 5.78. The van der Waals surface area contributed by atoms with Gasteiger partial charge in [-0.2, -0.15) is 0 Å². The maximum absolute atomic E-state index is 13.6. The Bertz CT molecular complexity index is 1400. The minimum Gasteiger partial charge on any atom is -0.447 e. The highest BCUT2D eigenvalue weighted by Crippen LogP contribution is 2.46.